The van der Waals surface area contributed by atoms with Gasteiger partial charge in [-0.1, -0.05) is 36.4 Å². The van der Waals surface area contributed by atoms with Crippen molar-refractivity contribution in [2.45, 2.75) is 26.2 Å². The van der Waals surface area contributed by atoms with Crippen LogP contribution in [0.4, 0.5) is 5.69 Å². The van der Waals surface area contributed by atoms with Crippen LogP contribution < -0.4 is 5.32 Å². The third-order valence-corrected chi connectivity index (χ3v) is 5.33. The number of benzene rings is 2. The van der Waals surface area contributed by atoms with E-state index in [1.54, 1.807) is 4.68 Å². The van der Waals surface area contributed by atoms with Gasteiger partial charge in [-0.3, -0.25) is 9.59 Å². The maximum Gasteiger partial charge on any atom is 0.229 e. The zero-order valence-electron chi connectivity index (χ0n) is 16.9. The molecule has 1 N–H and O–H groups in total. The van der Waals surface area contributed by atoms with E-state index in [1.165, 1.54) is 0 Å². The van der Waals surface area contributed by atoms with E-state index in [9.17, 15) is 9.59 Å². The van der Waals surface area contributed by atoms with Gasteiger partial charge in [-0.25, -0.2) is 0 Å². The van der Waals surface area contributed by atoms with Gasteiger partial charge in [0.05, 0.1) is 18.0 Å². The zero-order chi connectivity index (χ0) is 20.9. The molecule has 4 rings (SSSR count). The fourth-order valence-corrected chi connectivity index (χ4v) is 3.73. The van der Waals surface area contributed by atoms with Crippen LogP contribution in [-0.2, 0) is 16.0 Å². The van der Waals surface area contributed by atoms with Crippen LogP contribution in [0.5, 0.6) is 0 Å². The first-order chi connectivity index (χ1) is 14.6. The molecule has 0 unspecified atom stereocenters. The summed E-state index contributed by atoms with van der Waals surface area (Å²) >= 11 is 0. The van der Waals surface area contributed by atoms with Crippen LogP contribution in [0.1, 0.15) is 24.2 Å². The van der Waals surface area contributed by atoms with E-state index in [4.69, 9.17) is 0 Å². The Balaban J connectivity index is 1.39. The van der Waals surface area contributed by atoms with Gasteiger partial charge in [0.1, 0.15) is 0 Å². The molecule has 2 heterocycles. The van der Waals surface area contributed by atoms with Crippen LogP contribution >= 0.6 is 0 Å². The van der Waals surface area contributed by atoms with Crippen molar-refractivity contribution in [3.05, 3.63) is 66.0 Å². The van der Waals surface area contributed by atoms with Crippen molar-refractivity contribution in [1.29, 1.82) is 0 Å². The van der Waals surface area contributed by atoms with Crippen LogP contribution in [0.2, 0.25) is 0 Å². The summed E-state index contributed by atoms with van der Waals surface area (Å²) in [5.41, 5.74) is 2.45. The number of nitrogens with one attached hydrogen (secondary N) is 1. The summed E-state index contributed by atoms with van der Waals surface area (Å²) < 4.78 is 1.61. The fraction of sp³-hybridized carbons (Fsp3) is 0.318. The molecule has 1 aromatic heterocycles. The third-order valence-electron chi connectivity index (χ3n) is 5.33. The van der Waals surface area contributed by atoms with Crippen molar-refractivity contribution in [3.8, 4) is 5.69 Å². The van der Waals surface area contributed by atoms with Gasteiger partial charge in [0.25, 0.3) is 0 Å². The van der Waals surface area contributed by atoms with Crippen LogP contribution in [0.3, 0.4) is 0 Å². The molecule has 2 amide bonds. The standard InChI is InChI=1S/C22H24N6O2/c1-16-24-25-26-28(16)20-11-5-10-19(14-20)23-22(30)18-9-6-12-27(15-18)21(29)13-17-7-3-2-4-8-17/h2-5,7-8,10-11,14,18H,6,9,12-13,15H2,1H3,(H,23,30)/t18-/m1/s1. The van der Waals surface area contributed by atoms with Crippen molar-refractivity contribution >= 4 is 17.5 Å². The van der Waals surface area contributed by atoms with Crippen molar-refractivity contribution in [1.82, 2.24) is 25.1 Å². The van der Waals surface area contributed by atoms with Gasteiger partial charge in [0.2, 0.25) is 11.8 Å². The summed E-state index contributed by atoms with van der Waals surface area (Å²) in [4.78, 5) is 27.3. The zero-order valence-corrected chi connectivity index (χ0v) is 16.9. The highest BCUT2D eigenvalue weighted by Crippen LogP contribution is 2.21. The number of tetrazole rings is 1. The minimum absolute atomic E-state index is 0.0647. The van der Waals surface area contributed by atoms with Crippen LogP contribution in [-0.4, -0.2) is 50.0 Å². The average Bonchev–Trinajstić information content (AvgIpc) is 3.20. The normalized spacial score (nSPS) is 16.3. The SMILES string of the molecule is Cc1nnnn1-c1cccc(NC(=O)[C@@H]2CCCN(C(=O)Cc3ccccc3)C2)c1. The number of nitrogens with zero attached hydrogens (tertiary/aromatic N) is 5. The Bertz CT molecular complexity index is 1030. The van der Waals surface area contributed by atoms with E-state index in [0.29, 0.717) is 31.0 Å². The minimum atomic E-state index is -0.225. The van der Waals surface area contributed by atoms with E-state index < -0.39 is 0 Å². The lowest BCUT2D eigenvalue weighted by molar-refractivity contribution is -0.133. The Morgan fingerprint density at radius 2 is 1.97 bits per heavy atom. The highest BCUT2D eigenvalue weighted by molar-refractivity contribution is 5.93. The second-order valence-electron chi connectivity index (χ2n) is 7.52. The molecule has 0 radical (unpaired) electrons. The Labute approximate surface area is 174 Å². The van der Waals surface area contributed by atoms with E-state index in [1.807, 2.05) is 66.4 Å². The number of amides is 2. The Morgan fingerprint density at radius 1 is 1.13 bits per heavy atom. The van der Waals surface area contributed by atoms with E-state index in [0.717, 1.165) is 24.1 Å². The number of hydrogen-bond donors (Lipinski definition) is 1. The molecule has 30 heavy (non-hydrogen) atoms. The number of hydrogen-bond acceptors (Lipinski definition) is 5. The van der Waals surface area contributed by atoms with Gasteiger partial charge in [0, 0.05) is 18.8 Å². The molecule has 8 nitrogen and oxygen atoms in total. The van der Waals surface area contributed by atoms with Crippen LogP contribution in [0, 0.1) is 12.8 Å². The molecule has 1 aliphatic heterocycles. The highest BCUT2D eigenvalue weighted by atomic mass is 16.2. The molecular formula is C22H24N6O2. The average molecular weight is 404 g/mol. The number of carbonyl (C=O) groups is 2. The first-order valence-corrected chi connectivity index (χ1v) is 10.1. The Kier molecular flexibility index (Phi) is 5.83. The summed E-state index contributed by atoms with van der Waals surface area (Å²) in [7, 11) is 0. The lowest BCUT2D eigenvalue weighted by atomic mass is 9.96. The monoisotopic (exact) mass is 404 g/mol. The summed E-state index contributed by atoms with van der Waals surface area (Å²) in [5, 5.41) is 14.5. The maximum atomic E-state index is 12.9. The predicted octanol–water partition coefficient (Wildman–Crippen LogP) is 2.39. The first-order valence-electron chi connectivity index (χ1n) is 10.1. The van der Waals surface area contributed by atoms with Crippen LogP contribution in [0.15, 0.2) is 54.6 Å². The molecule has 2 aromatic carbocycles. The molecule has 1 aliphatic rings. The Hall–Kier alpha value is -3.55. The van der Waals surface area contributed by atoms with Crippen molar-refractivity contribution < 1.29 is 9.59 Å². The first kappa shape index (κ1) is 19.8. The fourth-order valence-electron chi connectivity index (χ4n) is 3.73. The van der Waals surface area contributed by atoms with Crippen molar-refractivity contribution in [2.75, 3.05) is 18.4 Å². The lowest BCUT2D eigenvalue weighted by Gasteiger charge is -2.32. The number of aromatic nitrogens is 4. The van der Waals surface area contributed by atoms with E-state index >= 15 is 0 Å². The van der Waals surface area contributed by atoms with Crippen molar-refractivity contribution in [2.24, 2.45) is 5.92 Å². The summed E-state index contributed by atoms with van der Waals surface area (Å²) in [6.07, 6.45) is 1.96. The predicted molar refractivity (Wildman–Crippen MR) is 112 cm³/mol. The molecule has 8 heteroatoms. The molecule has 0 spiro atoms. The number of rotatable bonds is 5. The largest absolute Gasteiger partial charge is 0.342 e. The molecule has 0 bridgehead atoms. The molecule has 1 fully saturated rings. The van der Waals surface area contributed by atoms with Gasteiger partial charge >= 0.3 is 0 Å². The van der Waals surface area contributed by atoms with Gasteiger partial charge in [-0.05, 0) is 54.0 Å². The smallest absolute Gasteiger partial charge is 0.229 e. The maximum absolute atomic E-state index is 12.9. The molecule has 0 aliphatic carbocycles. The second kappa shape index (κ2) is 8.86. The van der Waals surface area contributed by atoms with E-state index in [2.05, 4.69) is 20.8 Å². The quantitative estimate of drug-likeness (QED) is 0.705. The highest BCUT2D eigenvalue weighted by Gasteiger charge is 2.28. The van der Waals surface area contributed by atoms with Crippen molar-refractivity contribution in [3.63, 3.8) is 0 Å². The number of likely N-dealkylation sites (tertiary alicyclic amines) is 1. The number of piperidine rings is 1. The number of anilines is 1. The number of carbonyl (C=O) groups excluding carboxylic acids is 2. The van der Waals surface area contributed by atoms with E-state index in [-0.39, 0.29) is 17.7 Å². The molecular weight excluding hydrogens is 380 g/mol. The van der Waals surface area contributed by atoms with Gasteiger partial charge in [0.15, 0.2) is 5.82 Å². The van der Waals surface area contributed by atoms with Gasteiger partial charge in [-0.2, -0.15) is 4.68 Å². The lowest BCUT2D eigenvalue weighted by Crippen LogP contribution is -2.44. The summed E-state index contributed by atoms with van der Waals surface area (Å²) in [6.45, 7) is 2.96. The topological polar surface area (TPSA) is 93.0 Å². The second-order valence-corrected chi connectivity index (χ2v) is 7.52. The third kappa shape index (κ3) is 4.53. The molecule has 3 aromatic rings. The molecule has 1 saturated heterocycles. The Morgan fingerprint density at radius 3 is 2.73 bits per heavy atom. The minimum Gasteiger partial charge on any atom is -0.342 e. The summed E-state index contributed by atoms with van der Waals surface area (Å²) in [6, 6.07) is 17.1. The molecule has 154 valence electrons. The van der Waals surface area contributed by atoms with Crippen LogP contribution in [0.25, 0.3) is 5.69 Å². The molecule has 0 saturated carbocycles. The molecule has 1 atom stereocenters. The van der Waals surface area contributed by atoms with Gasteiger partial charge < -0.3 is 10.2 Å². The van der Waals surface area contributed by atoms with Gasteiger partial charge in [-0.15, -0.1) is 5.10 Å². The number of aryl methyl sites for hydroxylation is 1. The summed E-state index contributed by atoms with van der Waals surface area (Å²) in [5.74, 6) is 0.433.